The number of ether oxygens (including phenoxy) is 1. The predicted octanol–water partition coefficient (Wildman–Crippen LogP) is 3.28. The van der Waals surface area contributed by atoms with Gasteiger partial charge in [0.2, 0.25) is 0 Å². The summed E-state index contributed by atoms with van der Waals surface area (Å²) in [6, 6.07) is 5.27. The Morgan fingerprint density at radius 1 is 1.43 bits per heavy atom. The number of carboxylic acids is 1. The summed E-state index contributed by atoms with van der Waals surface area (Å²) in [6.07, 6.45) is 2.78. The summed E-state index contributed by atoms with van der Waals surface area (Å²) in [6.45, 7) is 4.81. The maximum Gasteiger partial charge on any atom is 0.335 e. The number of aryl methyl sites for hydroxylation is 1. The molecule has 0 fully saturated rings. The molecule has 21 heavy (non-hydrogen) atoms. The molecular weight excluding hydrogens is 268 g/mol. The lowest BCUT2D eigenvalue weighted by Crippen LogP contribution is -2.16. The van der Waals surface area contributed by atoms with Crippen LogP contribution in [0.15, 0.2) is 18.2 Å². The molecule has 5 heteroatoms. The van der Waals surface area contributed by atoms with Crippen LogP contribution in [0.5, 0.6) is 0 Å². The van der Waals surface area contributed by atoms with Gasteiger partial charge in [-0.3, -0.25) is 0 Å². The minimum absolute atomic E-state index is 0.172. The number of carbonyl (C=O) groups is 1. The van der Waals surface area contributed by atoms with E-state index in [4.69, 9.17) is 4.74 Å². The van der Waals surface area contributed by atoms with E-state index in [-0.39, 0.29) is 6.04 Å². The summed E-state index contributed by atoms with van der Waals surface area (Å²) in [7, 11) is 1.68. The van der Waals surface area contributed by atoms with Gasteiger partial charge in [-0.2, -0.15) is 0 Å². The van der Waals surface area contributed by atoms with Crippen molar-refractivity contribution in [2.75, 3.05) is 13.7 Å². The van der Waals surface area contributed by atoms with Crippen LogP contribution in [0.3, 0.4) is 0 Å². The lowest BCUT2D eigenvalue weighted by atomic mass is 10.1. The van der Waals surface area contributed by atoms with Gasteiger partial charge in [-0.1, -0.05) is 13.8 Å². The standard InChI is InChI=1S/C16H22N2O3/c1-4-6-15-17-13-8-7-11(16(19)20)9-14(13)18(15)12(5-2)10-21-3/h7-9,12H,4-6,10H2,1-3H3,(H,19,20). The van der Waals surface area contributed by atoms with Crippen molar-refractivity contribution in [3.63, 3.8) is 0 Å². The van der Waals surface area contributed by atoms with E-state index in [2.05, 4.69) is 23.4 Å². The van der Waals surface area contributed by atoms with E-state index in [9.17, 15) is 9.90 Å². The number of imidazole rings is 1. The van der Waals surface area contributed by atoms with Crippen molar-refractivity contribution in [2.45, 2.75) is 39.2 Å². The van der Waals surface area contributed by atoms with Crippen molar-refractivity contribution in [1.29, 1.82) is 0 Å². The molecule has 2 aromatic rings. The topological polar surface area (TPSA) is 64.3 Å². The maximum absolute atomic E-state index is 11.2. The van der Waals surface area contributed by atoms with Gasteiger partial charge in [0.05, 0.1) is 29.2 Å². The zero-order chi connectivity index (χ0) is 15.4. The Labute approximate surface area is 124 Å². The van der Waals surface area contributed by atoms with Crippen LogP contribution < -0.4 is 0 Å². The first-order valence-corrected chi connectivity index (χ1v) is 7.35. The fourth-order valence-electron chi connectivity index (χ4n) is 2.65. The molecule has 5 nitrogen and oxygen atoms in total. The van der Waals surface area contributed by atoms with Gasteiger partial charge in [-0.25, -0.2) is 9.78 Å². The Kier molecular flexibility index (Phi) is 4.96. The number of benzene rings is 1. The summed E-state index contributed by atoms with van der Waals surface area (Å²) in [4.78, 5) is 15.9. The molecule has 0 radical (unpaired) electrons. The smallest absolute Gasteiger partial charge is 0.335 e. The van der Waals surface area contributed by atoms with Crippen molar-refractivity contribution < 1.29 is 14.6 Å². The van der Waals surface area contributed by atoms with Gasteiger partial charge in [0, 0.05) is 13.5 Å². The third-order valence-electron chi connectivity index (χ3n) is 3.68. The molecule has 1 atom stereocenters. The van der Waals surface area contributed by atoms with Crippen LogP contribution in [0.1, 0.15) is 48.9 Å². The third-order valence-corrected chi connectivity index (χ3v) is 3.68. The Morgan fingerprint density at radius 3 is 2.76 bits per heavy atom. The number of rotatable bonds is 7. The Bertz CT molecular complexity index is 634. The summed E-state index contributed by atoms with van der Waals surface area (Å²) in [5.74, 6) is 0.0837. The molecule has 1 N–H and O–H groups in total. The van der Waals surface area contributed by atoms with Crippen molar-refractivity contribution in [3.05, 3.63) is 29.6 Å². The number of hydrogen-bond acceptors (Lipinski definition) is 3. The van der Waals surface area contributed by atoms with E-state index in [1.54, 1.807) is 25.3 Å². The van der Waals surface area contributed by atoms with Crippen molar-refractivity contribution in [2.24, 2.45) is 0 Å². The predicted molar refractivity (Wildman–Crippen MR) is 81.9 cm³/mol. The van der Waals surface area contributed by atoms with Crippen LogP contribution in [0.2, 0.25) is 0 Å². The van der Waals surface area contributed by atoms with Crippen LogP contribution in [-0.2, 0) is 11.2 Å². The van der Waals surface area contributed by atoms with Gasteiger partial charge in [0.1, 0.15) is 5.82 Å². The first-order chi connectivity index (χ1) is 10.1. The van der Waals surface area contributed by atoms with E-state index in [0.717, 1.165) is 36.1 Å². The van der Waals surface area contributed by atoms with E-state index >= 15 is 0 Å². The molecule has 0 bridgehead atoms. The minimum atomic E-state index is -0.915. The van der Waals surface area contributed by atoms with Gasteiger partial charge < -0.3 is 14.4 Å². The molecule has 0 aliphatic carbocycles. The number of aromatic carboxylic acids is 1. The lowest BCUT2D eigenvalue weighted by molar-refractivity contribution is 0.0697. The number of hydrogen-bond donors (Lipinski definition) is 1. The molecule has 1 aromatic carbocycles. The van der Waals surface area contributed by atoms with Gasteiger partial charge >= 0.3 is 5.97 Å². The zero-order valence-electron chi connectivity index (χ0n) is 12.8. The van der Waals surface area contributed by atoms with E-state index in [1.165, 1.54) is 0 Å². The molecular formula is C16H22N2O3. The molecule has 0 saturated heterocycles. The van der Waals surface area contributed by atoms with E-state index in [1.807, 2.05) is 0 Å². The molecule has 0 aliphatic heterocycles. The largest absolute Gasteiger partial charge is 0.478 e. The van der Waals surface area contributed by atoms with Crippen molar-refractivity contribution in [1.82, 2.24) is 9.55 Å². The second-order valence-electron chi connectivity index (χ2n) is 5.17. The quantitative estimate of drug-likeness (QED) is 0.850. The van der Waals surface area contributed by atoms with Crippen LogP contribution in [0, 0.1) is 0 Å². The molecule has 0 amide bonds. The van der Waals surface area contributed by atoms with Gasteiger partial charge in [-0.05, 0) is 31.0 Å². The first-order valence-electron chi connectivity index (χ1n) is 7.35. The fraction of sp³-hybridized carbons (Fsp3) is 0.500. The molecule has 1 aromatic heterocycles. The highest BCUT2D eigenvalue weighted by molar-refractivity contribution is 5.92. The summed E-state index contributed by atoms with van der Waals surface area (Å²) in [5.41, 5.74) is 2.01. The molecule has 2 rings (SSSR count). The highest BCUT2D eigenvalue weighted by Crippen LogP contribution is 2.25. The average Bonchev–Trinajstić information content (AvgIpc) is 2.82. The number of fused-ring (bicyclic) bond motifs is 1. The lowest BCUT2D eigenvalue weighted by Gasteiger charge is -2.19. The third kappa shape index (κ3) is 3.08. The Hall–Kier alpha value is -1.88. The minimum Gasteiger partial charge on any atom is -0.478 e. The number of methoxy groups -OCH3 is 1. The Balaban J connectivity index is 2.63. The summed E-state index contributed by atoms with van der Waals surface area (Å²) >= 11 is 0. The average molecular weight is 290 g/mol. The monoisotopic (exact) mass is 290 g/mol. The van der Waals surface area contributed by atoms with Crippen LogP contribution >= 0.6 is 0 Å². The second-order valence-corrected chi connectivity index (χ2v) is 5.17. The van der Waals surface area contributed by atoms with Gasteiger partial charge in [0.25, 0.3) is 0 Å². The first kappa shape index (κ1) is 15.5. The molecule has 0 saturated carbocycles. The molecule has 1 unspecified atom stereocenters. The van der Waals surface area contributed by atoms with E-state index in [0.29, 0.717) is 12.2 Å². The molecule has 0 aliphatic rings. The second kappa shape index (κ2) is 6.72. The molecule has 114 valence electrons. The number of carboxylic acid groups (broad SMARTS) is 1. The SMILES string of the molecule is CCCc1nc2ccc(C(=O)O)cc2n1C(CC)COC. The number of aromatic nitrogens is 2. The van der Waals surface area contributed by atoms with E-state index < -0.39 is 5.97 Å². The maximum atomic E-state index is 11.2. The van der Waals surface area contributed by atoms with Crippen LogP contribution in [0.4, 0.5) is 0 Å². The fourth-order valence-corrected chi connectivity index (χ4v) is 2.65. The normalized spacial score (nSPS) is 12.7. The van der Waals surface area contributed by atoms with Gasteiger partial charge in [-0.15, -0.1) is 0 Å². The van der Waals surface area contributed by atoms with Crippen LogP contribution in [-0.4, -0.2) is 34.3 Å². The highest BCUT2D eigenvalue weighted by atomic mass is 16.5. The zero-order valence-corrected chi connectivity index (χ0v) is 12.8. The van der Waals surface area contributed by atoms with Crippen molar-refractivity contribution >= 4 is 17.0 Å². The highest BCUT2D eigenvalue weighted by Gasteiger charge is 2.18. The van der Waals surface area contributed by atoms with Gasteiger partial charge in [0.15, 0.2) is 0 Å². The summed E-state index contributed by atoms with van der Waals surface area (Å²) < 4.78 is 7.46. The van der Waals surface area contributed by atoms with Crippen LogP contribution in [0.25, 0.3) is 11.0 Å². The molecule has 0 spiro atoms. The molecule has 1 heterocycles. The number of nitrogens with zero attached hydrogens (tertiary/aromatic N) is 2. The summed E-state index contributed by atoms with van der Waals surface area (Å²) in [5, 5.41) is 9.19. The van der Waals surface area contributed by atoms with Crippen molar-refractivity contribution in [3.8, 4) is 0 Å². The Morgan fingerprint density at radius 2 is 2.19 bits per heavy atom.